The van der Waals surface area contributed by atoms with Gasteiger partial charge in [0.2, 0.25) is 5.89 Å². The lowest BCUT2D eigenvalue weighted by atomic mass is 10.2. The molecule has 0 unspecified atom stereocenters. The van der Waals surface area contributed by atoms with Crippen LogP contribution in [0.4, 0.5) is 5.69 Å². The van der Waals surface area contributed by atoms with Crippen molar-refractivity contribution in [1.82, 2.24) is 10.2 Å². The van der Waals surface area contributed by atoms with Crippen LogP contribution in [0, 0.1) is 10.1 Å². The third kappa shape index (κ3) is 3.54. The predicted molar refractivity (Wildman–Crippen MR) is 88.9 cm³/mol. The minimum Gasteiger partial charge on any atom is -0.496 e. The van der Waals surface area contributed by atoms with Gasteiger partial charge in [0.05, 0.1) is 12.0 Å². The van der Waals surface area contributed by atoms with E-state index in [2.05, 4.69) is 10.2 Å². The number of rotatable bonds is 6. The molecule has 3 rings (SSSR count). The Morgan fingerprint density at radius 3 is 2.83 bits per heavy atom. The Labute approximate surface area is 141 Å². The molecular formula is C16H13N3O4S. The number of nitrogens with zero attached hydrogens (tertiary/aromatic N) is 3. The molecule has 0 aliphatic rings. The molecule has 1 heterocycles. The third-order valence-electron chi connectivity index (χ3n) is 3.25. The fourth-order valence-corrected chi connectivity index (χ4v) is 2.85. The fraction of sp³-hybridized carbons (Fsp3) is 0.125. The molecule has 0 radical (unpaired) electrons. The number of para-hydroxylation sites is 1. The van der Waals surface area contributed by atoms with Crippen molar-refractivity contribution in [2.45, 2.75) is 11.0 Å². The van der Waals surface area contributed by atoms with Gasteiger partial charge in [-0.2, -0.15) is 0 Å². The van der Waals surface area contributed by atoms with Crippen molar-refractivity contribution in [3.8, 4) is 17.2 Å². The molecule has 3 aromatic rings. The maximum absolute atomic E-state index is 10.8. The lowest BCUT2D eigenvalue weighted by Crippen LogP contribution is -1.89. The molecule has 1 aromatic heterocycles. The summed E-state index contributed by atoms with van der Waals surface area (Å²) in [7, 11) is 1.62. The Kier molecular flexibility index (Phi) is 4.76. The highest BCUT2D eigenvalue weighted by molar-refractivity contribution is 7.98. The molecule has 0 aliphatic carbocycles. The molecule has 0 aliphatic heterocycles. The van der Waals surface area contributed by atoms with Gasteiger partial charge < -0.3 is 9.15 Å². The number of thioether (sulfide) groups is 1. The molecule has 0 saturated heterocycles. The van der Waals surface area contributed by atoms with Crippen molar-refractivity contribution in [3.05, 3.63) is 64.2 Å². The zero-order valence-electron chi connectivity index (χ0n) is 12.7. The lowest BCUT2D eigenvalue weighted by Gasteiger charge is -2.05. The number of ether oxygens (including phenoxy) is 1. The van der Waals surface area contributed by atoms with Crippen LogP contribution in [0.25, 0.3) is 11.5 Å². The molecule has 0 spiro atoms. The van der Waals surface area contributed by atoms with Gasteiger partial charge in [0.15, 0.2) is 0 Å². The molecule has 0 amide bonds. The van der Waals surface area contributed by atoms with Gasteiger partial charge in [-0.1, -0.05) is 36.0 Å². The molecule has 0 atom stereocenters. The van der Waals surface area contributed by atoms with E-state index >= 15 is 0 Å². The normalized spacial score (nSPS) is 10.5. The first kappa shape index (κ1) is 16.0. The SMILES string of the molecule is COc1ccccc1CSc1nnc(-c2cccc([N+](=O)[O-])c2)o1. The Morgan fingerprint density at radius 1 is 1.21 bits per heavy atom. The van der Waals surface area contributed by atoms with Crippen LogP contribution < -0.4 is 4.74 Å². The number of hydrogen-bond donors (Lipinski definition) is 0. The maximum Gasteiger partial charge on any atom is 0.277 e. The highest BCUT2D eigenvalue weighted by Crippen LogP contribution is 2.29. The second kappa shape index (κ2) is 7.14. The molecule has 0 bridgehead atoms. The van der Waals surface area contributed by atoms with Gasteiger partial charge in [0.25, 0.3) is 10.9 Å². The summed E-state index contributed by atoms with van der Waals surface area (Å²) in [6, 6.07) is 13.8. The first-order valence-corrected chi connectivity index (χ1v) is 7.99. The maximum atomic E-state index is 10.8. The number of nitro groups is 1. The van der Waals surface area contributed by atoms with Crippen LogP contribution >= 0.6 is 11.8 Å². The summed E-state index contributed by atoms with van der Waals surface area (Å²) < 4.78 is 10.9. The number of hydrogen-bond acceptors (Lipinski definition) is 7. The summed E-state index contributed by atoms with van der Waals surface area (Å²) in [5.74, 6) is 1.66. The minimum absolute atomic E-state index is 0.0195. The molecule has 122 valence electrons. The largest absolute Gasteiger partial charge is 0.496 e. The molecule has 0 N–H and O–H groups in total. The van der Waals surface area contributed by atoms with Crippen molar-refractivity contribution in [2.75, 3.05) is 7.11 Å². The van der Waals surface area contributed by atoms with E-state index < -0.39 is 4.92 Å². The third-order valence-corrected chi connectivity index (χ3v) is 4.12. The Morgan fingerprint density at radius 2 is 2.04 bits per heavy atom. The van der Waals surface area contributed by atoms with Gasteiger partial charge in [-0.05, 0) is 12.1 Å². The van der Waals surface area contributed by atoms with Crippen molar-refractivity contribution >= 4 is 17.4 Å². The summed E-state index contributed by atoms with van der Waals surface area (Å²) in [4.78, 5) is 10.4. The van der Waals surface area contributed by atoms with Crippen molar-refractivity contribution < 1.29 is 14.1 Å². The minimum atomic E-state index is -0.461. The average Bonchev–Trinajstić information content (AvgIpc) is 3.09. The monoisotopic (exact) mass is 343 g/mol. The number of nitro benzene ring substituents is 1. The van der Waals surface area contributed by atoms with Crippen LogP contribution in [0.15, 0.2) is 58.2 Å². The highest BCUT2D eigenvalue weighted by atomic mass is 32.2. The van der Waals surface area contributed by atoms with Crippen molar-refractivity contribution in [3.63, 3.8) is 0 Å². The Hall–Kier alpha value is -2.87. The van der Waals surface area contributed by atoms with Gasteiger partial charge >= 0.3 is 0 Å². The number of methoxy groups -OCH3 is 1. The predicted octanol–water partition coefficient (Wildman–Crippen LogP) is 3.95. The van der Waals surface area contributed by atoms with E-state index in [1.54, 1.807) is 19.2 Å². The second-order valence-corrected chi connectivity index (χ2v) is 5.71. The van der Waals surface area contributed by atoms with Crippen LogP contribution in [0.2, 0.25) is 0 Å². The molecule has 0 fully saturated rings. The van der Waals surface area contributed by atoms with Gasteiger partial charge in [-0.3, -0.25) is 10.1 Å². The number of aromatic nitrogens is 2. The van der Waals surface area contributed by atoms with Crippen molar-refractivity contribution in [1.29, 1.82) is 0 Å². The van der Waals surface area contributed by atoms with Crippen LogP contribution in [-0.2, 0) is 5.75 Å². The standard InChI is InChI=1S/C16H13N3O4S/c1-22-14-8-3-2-5-12(14)10-24-16-18-17-15(23-16)11-6-4-7-13(9-11)19(20)21/h2-9H,10H2,1H3. The quantitative estimate of drug-likeness (QED) is 0.380. The molecule has 8 heteroatoms. The number of non-ortho nitro benzene ring substituents is 1. The molecule has 7 nitrogen and oxygen atoms in total. The van der Waals surface area contributed by atoms with E-state index in [0.717, 1.165) is 11.3 Å². The summed E-state index contributed by atoms with van der Waals surface area (Å²) in [5.41, 5.74) is 1.51. The summed E-state index contributed by atoms with van der Waals surface area (Å²) in [6.07, 6.45) is 0. The second-order valence-electron chi connectivity index (χ2n) is 4.78. The summed E-state index contributed by atoms with van der Waals surface area (Å²) in [6.45, 7) is 0. The smallest absolute Gasteiger partial charge is 0.277 e. The topological polar surface area (TPSA) is 91.3 Å². The van der Waals surface area contributed by atoms with Crippen LogP contribution in [0.5, 0.6) is 5.75 Å². The highest BCUT2D eigenvalue weighted by Gasteiger charge is 2.13. The first-order valence-electron chi connectivity index (χ1n) is 7.00. The Balaban J connectivity index is 1.74. The van der Waals surface area contributed by atoms with E-state index in [4.69, 9.17) is 9.15 Å². The molecule has 2 aromatic carbocycles. The van der Waals surface area contributed by atoms with E-state index in [0.29, 0.717) is 16.5 Å². The zero-order valence-corrected chi connectivity index (χ0v) is 13.5. The van der Waals surface area contributed by atoms with Crippen LogP contribution in [-0.4, -0.2) is 22.2 Å². The lowest BCUT2D eigenvalue weighted by molar-refractivity contribution is -0.384. The van der Waals surface area contributed by atoms with E-state index in [9.17, 15) is 10.1 Å². The van der Waals surface area contributed by atoms with Gasteiger partial charge in [0.1, 0.15) is 5.75 Å². The van der Waals surface area contributed by atoms with Gasteiger partial charge in [-0.25, -0.2) is 0 Å². The zero-order chi connectivity index (χ0) is 16.9. The summed E-state index contributed by atoms with van der Waals surface area (Å²) in [5, 5.41) is 19.1. The van der Waals surface area contributed by atoms with Crippen LogP contribution in [0.3, 0.4) is 0 Å². The van der Waals surface area contributed by atoms with E-state index in [1.165, 1.54) is 23.9 Å². The van der Waals surface area contributed by atoms with Crippen LogP contribution in [0.1, 0.15) is 5.56 Å². The van der Waals surface area contributed by atoms with Gasteiger partial charge in [0, 0.05) is 29.0 Å². The van der Waals surface area contributed by atoms with Crippen molar-refractivity contribution in [2.24, 2.45) is 0 Å². The molecule has 24 heavy (non-hydrogen) atoms. The molecular weight excluding hydrogens is 330 g/mol. The number of benzene rings is 2. The van der Waals surface area contributed by atoms with E-state index in [-0.39, 0.29) is 11.6 Å². The Bertz CT molecular complexity index is 866. The molecule has 0 saturated carbocycles. The first-order chi connectivity index (χ1) is 11.7. The average molecular weight is 343 g/mol. The van der Waals surface area contributed by atoms with E-state index in [1.807, 2.05) is 24.3 Å². The fourth-order valence-electron chi connectivity index (χ4n) is 2.10. The van der Waals surface area contributed by atoms with Gasteiger partial charge in [-0.15, -0.1) is 10.2 Å². The summed E-state index contributed by atoms with van der Waals surface area (Å²) >= 11 is 1.37.